The smallest absolute Gasteiger partial charge is 0.169 e. The summed E-state index contributed by atoms with van der Waals surface area (Å²) >= 11 is 12.7. The Balaban J connectivity index is 1.49. The summed E-state index contributed by atoms with van der Waals surface area (Å²) in [7, 11) is 5.66. The average Bonchev–Trinajstić information content (AvgIpc) is 3.28. The van der Waals surface area contributed by atoms with Crippen molar-refractivity contribution in [3.8, 4) is 29.0 Å². The van der Waals surface area contributed by atoms with Crippen LogP contribution in [0, 0.1) is 11.3 Å². The summed E-state index contributed by atoms with van der Waals surface area (Å²) in [6, 6.07) is 7.58. The van der Waals surface area contributed by atoms with E-state index in [-0.39, 0.29) is 5.54 Å². The van der Waals surface area contributed by atoms with Gasteiger partial charge in [0, 0.05) is 42.5 Å². The number of aromatic amines is 1. The van der Waals surface area contributed by atoms with Gasteiger partial charge in [-0.2, -0.15) is 10.4 Å². The lowest BCUT2D eigenvalue weighted by Gasteiger charge is -2.52. The number of anilines is 1. The number of nitrogens with one attached hydrogen (secondary N) is 1. The first-order valence-corrected chi connectivity index (χ1v) is 12.6. The van der Waals surface area contributed by atoms with Crippen molar-refractivity contribution < 1.29 is 9.47 Å². The number of rotatable bonds is 7. The van der Waals surface area contributed by atoms with E-state index in [1.807, 2.05) is 27.1 Å². The van der Waals surface area contributed by atoms with Crippen molar-refractivity contribution in [1.29, 1.82) is 5.26 Å². The van der Waals surface area contributed by atoms with Gasteiger partial charge >= 0.3 is 0 Å². The molecule has 4 heterocycles. The Hall–Kier alpha value is -3.65. The van der Waals surface area contributed by atoms with Gasteiger partial charge in [-0.3, -0.25) is 10.1 Å². The first-order chi connectivity index (χ1) is 18.1. The number of H-pyrrole nitrogens is 1. The van der Waals surface area contributed by atoms with Crippen LogP contribution >= 0.6 is 23.2 Å². The highest BCUT2D eigenvalue weighted by Crippen LogP contribution is 2.40. The van der Waals surface area contributed by atoms with Gasteiger partial charge in [0.15, 0.2) is 17.3 Å². The molecule has 0 aliphatic carbocycles. The zero-order chi connectivity index (χ0) is 27.2. The molecule has 0 saturated carbocycles. The number of methoxy groups -OCH3 is 1. The monoisotopic (exact) mass is 552 g/mol. The molecule has 0 bridgehead atoms. The van der Waals surface area contributed by atoms with Crippen LogP contribution in [0.2, 0.25) is 10.0 Å². The minimum absolute atomic E-state index is 0.0305. The predicted octanol–water partition coefficient (Wildman–Crippen LogP) is 4.88. The molecular weight excluding hydrogens is 527 g/mol. The fourth-order valence-corrected chi connectivity index (χ4v) is 5.23. The number of benzene rings is 1. The summed E-state index contributed by atoms with van der Waals surface area (Å²) in [5, 5.41) is 27.7. The fraction of sp³-hybridized carbons (Fsp3) is 0.346. The topological polar surface area (TPSA) is 116 Å². The number of fused-ring (bicyclic) bond motifs is 1. The highest BCUT2D eigenvalue weighted by molar-refractivity contribution is 6.35. The largest absolute Gasteiger partial charge is 0.493 e. The van der Waals surface area contributed by atoms with Gasteiger partial charge in [-0.05, 0) is 40.1 Å². The molecule has 4 aromatic rings. The van der Waals surface area contributed by atoms with Gasteiger partial charge in [-0.25, -0.2) is 0 Å². The second-order valence-electron chi connectivity index (χ2n) is 9.72. The quantitative estimate of drug-likeness (QED) is 0.342. The molecule has 0 radical (unpaired) electrons. The highest BCUT2D eigenvalue weighted by atomic mass is 35.5. The number of likely N-dealkylation sites (N-methyl/N-ethyl adjacent to an activating group) is 1. The Kier molecular flexibility index (Phi) is 6.77. The van der Waals surface area contributed by atoms with Gasteiger partial charge in [-0.1, -0.05) is 23.2 Å². The van der Waals surface area contributed by atoms with Crippen molar-refractivity contribution in [3.63, 3.8) is 0 Å². The Labute approximate surface area is 230 Å². The van der Waals surface area contributed by atoms with Gasteiger partial charge in [-0.15, -0.1) is 10.2 Å². The molecule has 1 aromatic carbocycles. The van der Waals surface area contributed by atoms with Gasteiger partial charge in [0.1, 0.15) is 23.6 Å². The van der Waals surface area contributed by atoms with Crippen LogP contribution in [0.3, 0.4) is 0 Å². The Morgan fingerprint density at radius 1 is 1.13 bits per heavy atom. The molecule has 1 N–H and O–H groups in total. The van der Waals surface area contributed by atoms with E-state index >= 15 is 0 Å². The molecule has 1 aliphatic rings. The first kappa shape index (κ1) is 26.0. The van der Waals surface area contributed by atoms with E-state index in [1.165, 1.54) is 12.4 Å². The number of ether oxygens (including phenoxy) is 2. The second kappa shape index (κ2) is 9.91. The van der Waals surface area contributed by atoms with Crippen LogP contribution in [0.5, 0.6) is 11.5 Å². The molecule has 196 valence electrons. The maximum absolute atomic E-state index is 9.88. The molecule has 5 rings (SSSR count). The minimum atomic E-state index is -0.492. The van der Waals surface area contributed by atoms with Crippen molar-refractivity contribution in [2.24, 2.45) is 0 Å². The summed E-state index contributed by atoms with van der Waals surface area (Å²) in [5.74, 6) is 1.54. The number of pyridine rings is 1. The van der Waals surface area contributed by atoms with E-state index in [2.05, 4.69) is 48.2 Å². The van der Waals surface area contributed by atoms with E-state index in [0.29, 0.717) is 55.4 Å². The number of hydrogen-bond acceptors (Lipinski definition) is 9. The molecule has 1 saturated heterocycles. The molecule has 3 aromatic heterocycles. The molecule has 1 fully saturated rings. The number of aromatic nitrogens is 5. The lowest BCUT2D eigenvalue weighted by atomic mass is 9.90. The molecule has 10 nitrogen and oxygen atoms in total. The number of nitriles is 1. The van der Waals surface area contributed by atoms with Crippen LogP contribution < -0.4 is 14.4 Å². The number of halogens is 2. The third-order valence-corrected chi connectivity index (χ3v) is 7.63. The van der Waals surface area contributed by atoms with Crippen molar-refractivity contribution in [2.75, 3.05) is 39.2 Å². The average molecular weight is 553 g/mol. The van der Waals surface area contributed by atoms with Gasteiger partial charge in [0.25, 0.3) is 0 Å². The van der Waals surface area contributed by atoms with Crippen LogP contribution in [-0.4, -0.2) is 70.1 Å². The molecule has 12 heteroatoms. The fourth-order valence-electron chi connectivity index (χ4n) is 4.56. The van der Waals surface area contributed by atoms with E-state index in [1.54, 1.807) is 19.2 Å². The summed E-state index contributed by atoms with van der Waals surface area (Å²) in [6.45, 7) is 5.54. The van der Waals surface area contributed by atoms with Crippen LogP contribution in [0.4, 0.5) is 5.82 Å². The van der Waals surface area contributed by atoms with Gasteiger partial charge < -0.3 is 19.3 Å². The summed E-state index contributed by atoms with van der Waals surface area (Å²) < 4.78 is 11.8. The first-order valence-electron chi connectivity index (χ1n) is 11.9. The molecule has 0 unspecified atom stereocenters. The molecule has 1 aliphatic heterocycles. The zero-order valence-electron chi connectivity index (χ0n) is 21.6. The lowest BCUT2D eigenvalue weighted by Crippen LogP contribution is -2.67. The lowest BCUT2D eigenvalue weighted by molar-refractivity contribution is 0.132. The Morgan fingerprint density at radius 3 is 2.47 bits per heavy atom. The summed E-state index contributed by atoms with van der Waals surface area (Å²) in [5.41, 5.74) is 2.81. The van der Waals surface area contributed by atoms with Gasteiger partial charge in [0.2, 0.25) is 0 Å². The maximum Gasteiger partial charge on any atom is 0.169 e. The summed E-state index contributed by atoms with van der Waals surface area (Å²) in [4.78, 5) is 8.24. The molecule has 0 spiro atoms. The van der Waals surface area contributed by atoms with Crippen molar-refractivity contribution in [1.82, 2.24) is 30.3 Å². The van der Waals surface area contributed by atoms with Crippen molar-refractivity contribution in [2.45, 2.75) is 25.5 Å². The van der Waals surface area contributed by atoms with Crippen LogP contribution in [0.25, 0.3) is 22.3 Å². The SMILES string of the molecule is COc1cc2[nH]nc(-c3cc(C#N)c(N4CC(C)(N(C)C)C4)nn3)c2cc1O[C@H](C)c1c(Cl)cncc1Cl. The number of hydrogen-bond donors (Lipinski definition) is 1. The summed E-state index contributed by atoms with van der Waals surface area (Å²) in [6.07, 6.45) is 2.55. The highest BCUT2D eigenvalue weighted by Gasteiger charge is 2.42. The maximum atomic E-state index is 9.88. The predicted molar refractivity (Wildman–Crippen MR) is 146 cm³/mol. The molecule has 0 amide bonds. The zero-order valence-corrected chi connectivity index (χ0v) is 23.1. The third kappa shape index (κ3) is 4.47. The molecular formula is C26H26Cl2N8O2. The minimum Gasteiger partial charge on any atom is -0.493 e. The standard InChI is InChI=1S/C26H26Cl2N8O2/c1-14(23-17(27)10-30-11-18(23)28)38-22-7-16-19(8-21(22)37-5)31-33-24(16)20-6-15(9-29)25(34-32-20)36-12-26(2,13-36)35(3)4/h6-8,10-11,14H,12-13H2,1-5H3,(H,31,33)/t14-/m1/s1. The molecule has 38 heavy (non-hydrogen) atoms. The third-order valence-electron chi connectivity index (χ3n) is 7.03. The van der Waals surface area contributed by atoms with E-state index < -0.39 is 6.10 Å². The Morgan fingerprint density at radius 2 is 1.84 bits per heavy atom. The van der Waals surface area contributed by atoms with Crippen LogP contribution in [0.1, 0.15) is 31.1 Å². The van der Waals surface area contributed by atoms with E-state index in [0.717, 1.165) is 18.5 Å². The van der Waals surface area contributed by atoms with E-state index in [4.69, 9.17) is 32.7 Å². The van der Waals surface area contributed by atoms with Crippen molar-refractivity contribution in [3.05, 3.63) is 51.8 Å². The Bertz CT molecular complexity index is 1540. The normalized spacial score (nSPS) is 15.3. The van der Waals surface area contributed by atoms with Gasteiger partial charge in [0.05, 0.1) is 33.8 Å². The van der Waals surface area contributed by atoms with Crippen LogP contribution in [0.15, 0.2) is 30.6 Å². The number of nitrogens with zero attached hydrogens (tertiary/aromatic N) is 7. The van der Waals surface area contributed by atoms with Crippen LogP contribution in [-0.2, 0) is 0 Å². The van der Waals surface area contributed by atoms with Crippen molar-refractivity contribution >= 4 is 39.9 Å². The van der Waals surface area contributed by atoms with E-state index in [9.17, 15) is 5.26 Å². The molecule has 1 atom stereocenters. The second-order valence-corrected chi connectivity index (χ2v) is 10.5.